The predicted molar refractivity (Wildman–Crippen MR) is 102 cm³/mol. The first-order valence-corrected chi connectivity index (χ1v) is 10.2. The van der Waals surface area contributed by atoms with E-state index in [4.69, 9.17) is 4.74 Å². The number of hydrogen-bond acceptors (Lipinski definition) is 4. The van der Waals surface area contributed by atoms with Crippen molar-refractivity contribution in [1.29, 1.82) is 0 Å². The average Bonchev–Trinajstić information content (AvgIpc) is 2.63. The summed E-state index contributed by atoms with van der Waals surface area (Å²) in [6.07, 6.45) is 10.1. The normalized spacial score (nSPS) is 18.9. The summed E-state index contributed by atoms with van der Waals surface area (Å²) in [5, 5.41) is 0. The third kappa shape index (κ3) is 3.60. The molecule has 2 aliphatic rings. The molecule has 0 radical (unpaired) electrons. The number of rotatable bonds is 5. The summed E-state index contributed by atoms with van der Waals surface area (Å²) >= 11 is 0. The molecular weight excluding hydrogens is 353 g/mol. The molecule has 1 aromatic carbocycles. The van der Waals surface area contributed by atoms with Gasteiger partial charge in [0.05, 0.1) is 23.0 Å². The topological polar surface area (TPSA) is 46.6 Å². The van der Waals surface area contributed by atoms with Crippen LogP contribution in [0.4, 0.5) is 4.39 Å². The average molecular weight is 375 g/mol. The van der Waals surface area contributed by atoms with Crippen LogP contribution in [-0.4, -0.2) is 32.2 Å². The molecular formula is C20H22FNO3S. The number of benzene rings is 1. The van der Waals surface area contributed by atoms with Crippen molar-refractivity contribution in [2.75, 3.05) is 18.9 Å². The molecule has 0 saturated carbocycles. The van der Waals surface area contributed by atoms with Crippen molar-refractivity contribution in [1.82, 2.24) is 4.90 Å². The van der Waals surface area contributed by atoms with E-state index in [9.17, 15) is 12.8 Å². The van der Waals surface area contributed by atoms with Crippen LogP contribution in [0.2, 0.25) is 0 Å². The first kappa shape index (κ1) is 18.5. The van der Waals surface area contributed by atoms with Gasteiger partial charge in [0.2, 0.25) is 0 Å². The Hall–Kier alpha value is -2.34. The Kier molecular flexibility index (Phi) is 5.32. The highest BCUT2D eigenvalue weighted by atomic mass is 32.2. The lowest BCUT2D eigenvalue weighted by molar-refractivity contribution is 0.308. The quantitative estimate of drug-likeness (QED) is 0.576. The van der Waals surface area contributed by atoms with Crippen molar-refractivity contribution in [2.24, 2.45) is 0 Å². The van der Waals surface area contributed by atoms with Gasteiger partial charge in [0.1, 0.15) is 0 Å². The zero-order valence-corrected chi connectivity index (χ0v) is 15.7. The van der Waals surface area contributed by atoms with Gasteiger partial charge in [-0.1, -0.05) is 24.3 Å². The summed E-state index contributed by atoms with van der Waals surface area (Å²) < 4.78 is 44.5. The first-order valence-electron chi connectivity index (χ1n) is 8.57. The lowest BCUT2D eigenvalue weighted by Gasteiger charge is -2.33. The molecule has 26 heavy (non-hydrogen) atoms. The van der Waals surface area contributed by atoms with E-state index in [1.54, 1.807) is 19.1 Å². The van der Waals surface area contributed by atoms with Crippen LogP contribution in [0.15, 0.2) is 59.3 Å². The largest absolute Gasteiger partial charge is 0.490 e. The first-order chi connectivity index (χ1) is 12.4. The Morgan fingerprint density at radius 1 is 1.35 bits per heavy atom. The monoisotopic (exact) mass is 375 g/mol. The van der Waals surface area contributed by atoms with Crippen LogP contribution < -0.4 is 4.74 Å². The van der Waals surface area contributed by atoms with Gasteiger partial charge in [-0.05, 0) is 44.0 Å². The minimum Gasteiger partial charge on any atom is -0.490 e. The van der Waals surface area contributed by atoms with Crippen molar-refractivity contribution in [3.63, 3.8) is 0 Å². The number of fused-ring (bicyclic) bond motifs is 1. The van der Waals surface area contributed by atoms with Crippen LogP contribution in [-0.2, 0) is 9.84 Å². The second-order valence-corrected chi connectivity index (χ2v) is 8.44. The molecule has 0 bridgehead atoms. The van der Waals surface area contributed by atoms with Gasteiger partial charge in [0, 0.05) is 18.3 Å². The Morgan fingerprint density at radius 2 is 2.15 bits per heavy atom. The summed E-state index contributed by atoms with van der Waals surface area (Å²) in [6, 6.07) is 4.76. The van der Waals surface area contributed by atoms with E-state index in [2.05, 4.69) is 0 Å². The Bertz CT molecular complexity index is 926. The fraction of sp³-hybridized carbons (Fsp3) is 0.300. The van der Waals surface area contributed by atoms with Gasteiger partial charge in [-0.25, -0.2) is 12.8 Å². The fourth-order valence-electron chi connectivity index (χ4n) is 3.07. The van der Waals surface area contributed by atoms with Crippen molar-refractivity contribution in [2.45, 2.75) is 20.3 Å². The molecule has 0 saturated heterocycles. The second-order valence-electron chi connectivity index (χ2n) is 6.19. The summed E-state index contributed by atoms with van der Waals surface area (Å²) in [6.45, 7) is 4.34. The third-order valence-corrected chi connectivity index (χ3v) is 6.34. The molecule has 1 aromatic rings. The molecule has 6 heteroatoms. The van der Waals surface area contributed by atoms with Crippen molar-refractivity contribution in [3.8, 4) is 5.75 Å². The van der Waals surface area contributed by atoms with Crippen LogP contribution in [0.1, 0.15) is 25.8 Å². The number of nitrogens with zero attached hydrogens (tertiary/aromatic N) is 1. The lowest BCUT2D eigenvalue weighted by atomic mass is 9.98. The Balaban J connectivity index is 1.92. The zero-order chi connectivity index (χ0) is 18.7. The molecule has 0 N–H and O–H groups in total. The maximum atomic E-state index is 14.5. The second kappa shape index (κ2) is 7.50. The zero-order valence-electron chi connectivity index (χ0n) is 14.9. The fourth-order valence-corrected chi connectivity index (χ4v) is 4.34. The molecule has 2 heterocycles. The van der Waals surface area contributed by atoms with Crippen LogP contribution in [0, 0.1) is 5.82 Å². The van der Waals surface area contributed by atoms with Crippen LogP contribution >= 0.6 is 0 Å². The van der Waals surface area contributed by atoms with Crippen molar-refractivity contribution >= 4 is 15.4 Å². The van der Waals surface area contributed by atoms with Gasteiger partial charge in [0.25, 0.3) is 0 Å². The maximum Gasteiger partial charge on any atom is 0.178 e. The number of halogens is 1. The number of sulfone groups is 1. The smallest absolute Gasteiger partial charge is 0.178 e. The third-order valence-electron chi connectivity index (χ3n) is 4.49. The van der Waals surface area contributed by atoms with Crippen molar-refractivity contribution in [3.05, 3.63) is 70.7 Å². The molecule has 0 spiro atoms. The Labute approximate surface area is 153 Å². The van der Waals surface area contributed by atoms with Crippen LogP contribution in [0.3, 0.4) is 0 Å². The van der Waals surface area contributed by atoms with Crippen LogP contribution in [0.5, 0.6) is 5.75 Å². The highest BCUT2D eigenvalue weighted by Gasteiger charge is 2.31. The van der Waals surface area contributed by atoms with E-state index in [1.165, 1.54) is 6.07 Å². The van der Waals surface area contributed by atoms with E-state index < -0.39 is 15.7 Å². The van der Waals surface area contributed by atoms with Gasteiger partial charge in [-0.2, -0.15) is 0 Å². The number of hydrogen-bond donors (Lipinski definition) is 0. The molecule has 0 fully saturated rings. The SMILES string of the molecule is CC=CCCOc1ccc(C2=CC=CN3CCS(=O)(=O)C(C)=C23)cc1F. The summed E-state index contributed by atoms with van der Waals surface area (Å²) in [7, 11) is -3.27. The minimum atomic E-state index is -3.27. The molecule has 0 aromatic heterocycles. The standard InChI is InChI=1S/C20H22FNO3S/c1-3-4-5-12-25-19-9-8-16(14-18(19)21)17-7-6-10-22-11-13-26(23,24)15(2)20(17)22/h3-4,6-10,14H,5,11-13H2,1-2H3. The highest BCUT2D eigenvalue weighted by Crippen LogP contribution is 2.37. The van der Waals surface area contributed by atoms with Crippen LogP contribution in [0.25, 0.3) is 5.57 Å². The van der Waals surface area contributed by atoms with Gasteiger partial charge >= 0.3 is 0 Å². The van der Waals surface area contributed by atoms with Crippen molar-refractivity contribution < 1.29 is 17.5 Å². The van der Waals surface area contributed by atoms with E-state index in [1.807, 2.05) is 42.3 Å². The van der Waals surface area contributed by atoms with E-state index in [0.717, 1.165) is 0 Å². The molecule has 4 nitrogen and oxygen atoms in total. The van der Waals surface area contributed by atoms with E-state index in [0.29, 0.717) is 41.3 Å². The number of ether oxygens (including phenoxy) is 1. The summed E-state index contributed by atoms with van der Waals surface area (Å²) in [5.74, 6) is -0.168. The summed E-state index contributed by atoms with van der Waals surface area (Å²) in [5.41, 5.74) is 1.96. The molecule has 3 rings (SSSR count). The molecule has 0 unspecified atom stereocenters. The molecule has 0 atom stereocenters. The maximum absolute atomic E-state index is 14.5. The Morgan fingerprint density at radius 3 is 2.88 bits per heavy atom. The number of allylic oxidation sites excluding steroid dienone is 5. The van der Waals surface area contributed by atoms with E-state index >= 15 is 0 Å². The molecule has 2 aliphatic heterocycles. The molecule has 138 valence electrons. The molecule has 0 amide bonds. The predicted octanol–water partition coefficient (Wildman–Crippen LogP) is 4.04. The van der Waals surface area contributed by atoms with Gasteiger partial charge < -0.3 is 9.64 Å². The molecule has 0 aliphatic carbocycles. The lowest BCUT2D eigenvalue weighted by Crippen LogP contribution is -2.33. The highest BCUT2D eigenvalue weighted by molar-refractivity contribution is 7.95. The van der Waals surface area contributed by atoms with Gasteiger partial charge in [0.15, 0.2) is 21.4 Å². The van der Waals surface area contributed by atoms with Gasteiger partial charge in [-0.3, -0.25) is 0 Å². The van der Waals surface area contributed by atoms with E-state index in [-0.39, 0.29) is 11.5 Å². The summed E-state index contributed by atoms with van der Waals surface area (Å²) in [4.78, 5) is 2.23. The minimum absolute atomic E-state index is 0.0906. The van der Waals surface area contributed by atoms with Gasteiger partial charge in [-0.15, -0.1) is 0 Å².